The van der Waals surface area contributed by atoms with Crippen molar-refractivity contribution in [2.45, 2.75) is 63.1 Å². The van der Waals surface area contributed by atoms with E-state index in [-0.39, 0.29) is 0 Å². The van der Waals surface area contributed by atoms with Crippen LogP contribution in [0.4, 0.5) is 0 Å². The molecule has 0 aliphatic heterocycles. The maximum absolute atomic E-state index is 6.07. The molecule has 1 aromatic carbocycles. The molecule has 0 aliphatic carbocycles. The Labute approximate surface area is 137 Å². The summed E-state index contributed by atoms with van der Waals surface area (Å²) in [5.41, 5.74) is 1.16. The topological polar surface area (TPSA) is 9.23 Å². The second-order valence-electron chi connectivity index (χ2n) is 5.26. The maximum Gasteiger partial charge on any atom is 0.123 e. The minimum absolute atomic E-state index is 0.326. The molecule has 0 bridgehead atoms. The van der Waals surface area contributed by atoms with Crippen molar-refractivity contribution in [2.24, 2.45) is 0 Å². The summed E-state index contributed by atoms with van der Waals surface area (Å²) < 4.78 is 5.40. The fourth-order valence-corrected chi connectivity index (χ4v) is 3.25. The van der Waals surface area contributed by atoms with Gasteiger partial charge in [0.15, 0.2) is 0 Å². The molecule has 0 N–H and O–H groups in total. The molecular weight excluding hydrogens is 336 g/mol. The average Bonchev–Trinajstić information content (AvgIpc) is 2.46. The summed E-state index contributed by atoms with van der Waals surface area (Å²) in [6, 6.07) is 5.81. The van der Waals surface area contributed by atoms with Crippen LogP contribution in [0, 0.1) is 0 Å². The summed E-state index contributed by atoms with van der Waals surface area (Å²) in [6.07, 6.45) is 10.5. The molecule has 1 nitrogen and oxygen atoms in total. The monoisotopic (exact) mass is 360 g/mol. The Morgan fingerprint density at radius 2 is 1.75 bits per heavy atom. The highest BCUT2D eigenvalue weighted by Gasteiger charge is 2.13. The van der Waals surface area contributed by atoms with E-state index in [0.717, 1.165) is 22.8 Å². The van der Waals surface area contributed by atoms with Crippen molar-refractivity contribution in [3.8, 4) is 5.75 Å². The van der Waals surface area contributed by atoms with Gasteiger partial charge < -0.3 is 4.74 Å². The van der Waals surface area contributed by atoms with Gasteiger partial charge in [-0.3, -0.25) is 0 Å². The zero-order valence-corrected chi connectivity index (χ0v) is 15.0. The van der Waals surface area contributed by atoms with E-state index in [1.807, 2.05) is 18.2 Å². The molecule has 0 aliphatic rings. The van der Waals surface area contributed by atoms with Crippen molar-refractivity contribution in [1.29, 1.82) is 0 Å². The molecule has 0 saturated carbocycles. The van der Waals surface area contributed by atoms with Gasteiger partial charge >= 0.3 is 0 Å². The Hall–Kier alpha value is -0.210. The van der Waals surface area contributed by atoms with Gasteiger partial charge in [-0.05, 0) is 24.6 Å². The summed E-state index contributed by atoms with van der Waals surface area (Å²) in [6.45, 7) is 2.26. The van der Waals surface area contributed by atoms with E-state index in [4.69, 9.17) is 16.3 Å². The summed E-state index contributed by atoms with van der Waals surface area (Å²) in [7, 11) is 1.71. The van der Waals surface area contributed by atoms with E-state index in [9.17, 15) is 0 Å². The standard InChI is InChI=1S/C17H26BrClO/c1-3-4-5-6-7-8-9-10-16(18)15-13-14(19)11-12-17(15)20-2/h11-13,16H,3-10H2,1-2H3. The first-order chi connectivity index (χ1) is 9.69. The smallest absolute Gasteiger partial charge is 0.123 e. The number of unbranched alkanes of at least 4 members (excludes halogenated alkanes) is 6. The van der Waals surface area contributed by atoms with Crippen LogP contribution >= 0.6 is 27.5 Å². The molecule has 1 aromatic rings. The van der Waals surface area contributed by atoms with Crippen LogP contribution in [0.2, 0.25) is 5.02 Å². The first-order valence-electron chi connectivity index (χ1n) is 7.66. The highest BCUT2D eigenvalue weighted by Crippen LogP contribution is 2.36. The molecule has 1 unspecified atom stereocenters. The van der Waals surface area contributed by atoms with Gasteiger partial charge in [0.05, 0.1) is 7.11 Å². The van der Waals surface area contributed by atoms with Crippen molar-refractivity contribution in [2.75, 3.05) is 7.11 Å². The largest absolute Gasteiger partial charge is 0.496 e. The Morgan fingerprint density at radius 3 is 2.40 bits per heavy atom. The molecule has 0 spiro atoms. The number of halogens is 2. The Kier molecular flexibility index (Phi) is 9.37. The molecule has 1 atom stereocenters. The molecule has 0 amide bonds. The van der Waals surface area contributed by atoms with Gasteiger partial charge in [0.1, 0.15) is 5.75 Å². The lowest BCUT2D eigenvalue weighted by molar-refractivity contribution is 0.408. The molecule has 114 valence electrons. The number of ether oxygens (including phenoxy) is 1. The van der Waals surface area contributed by atoms with E-state index < -0.39 is 0 Å². The summed E-state index contributed by atoms with van der Waals surface area (Å²) >= 11 is 9.84. The summed E-state index contributed by atoms with van der Waals surface area (Å²) in [5.74, 6) is 0.916. The van der Waals surface area contributed by atoms with Crippen molar-refractivity contribution in [3.63, 3.8) is 0 Å². The van der Waals surface area contributed by atoms with Crippen LogP contribution in [-0.2, 0) is 0 Å². The Bertz CT molecular complexity index is 381. The summed E-state index contributed by atoms with van der Waals surface area (Å²) in [4.78, 5) is 0.326. The van der Waals surface area contributed by atoms with Crippen molar-refractivity contribution < 1.29 is 4.74 Å². The molecule has 0 aromatic heterocycles. The van der Waals surface area contributed by atoms with E-state index >= 15 is 0 Å². The highest BCUT2D eigenvalue weighted by molar-refractivity contribution is 9.09. The number of hydrogen-bond acceptors (Lipinski definition) is 1. The Balaban J connectivity index is 2.32. The fraction of sp³-hybridized carbons (Fsp3) is 0.647. The molecule has 1 rings (SSSR count). The number of alkyl halides is 1. The van der Waals surface area contributed by atoms with Crippen LogP contribution in [-0.4, -0.2) is 7.11 Å². The van der Waals surface area contributed by atoms with E-state index in [2.05, 4.69) is 22.9 Å². The third-order valence-corrected chi connectivity index (χ3v) is 4.78. The minimum Gasteiger partial charge on any atom is -0.496 e. The van der Waals surface area contributed by atoms with Gasteiger partial charge in [0, 0.05) is 15.4 Å². The molecule has 0 heterocycles. The van der Waals surface area contributed by atoms with Gasteiger partial charge in [-0.25, -0.2) is 0 Å². The number of methoxy groups -OCH3 is 1. The second-order valence-corrected chi connectivity index (χ2v) is 6.81. The number of hydrogen-bond donors (Lipinski definition) is 0. The first kappa shape index (κ1) is 17.8. The van der Waals surface area contributed by atoms with Gasteiger partial charge in [-0.15, -0.1) is 0 Å². The molecule has 0 saturated heterocycles. The molecule has 0 radical (unpaired) electrons. The predicted octanol–water partition coefficient (Wildman–Crippen LogP) is 6.93. The third kappa shape index (κ3) is 6.49. The Morgan fingerprint density at radius 1 is 1.10 bits per heavy atom. The molecule has 3 heteroatoms. The lowest BCUT2D eigenvalue weighted by atomic mass is 10.0. The van der Waals surface area contributed by atoms with Crippen LogP contribution in [0.15, 0.2) is 18.2 Å². The van der Waals surface area contributed by atoms with Gasteiger partial charge in [0.2, 0.25) is 0 Å². The van der Waals surface area contributed by atoms with Crippen LogP contribution in [0.1, 0.15) is 68.7 Å². The van der Waals surface area contributed by atoms with Crippen LogP contribution < -0.4 is 4.74 Å². The third-order valence-electron chi connectivity index (χ3n) is 3.59. The van der Waals surface area contributed by atoms with Crippen molar-refractivity contribution >= 4 is 27.5 Å². The molecular formula is C17H26BrClO. The average molecular weight is 362 g/mol. The molecule has 20 heavy (non-hydrogen) atoms. The number of benzene rings is 1. The van der Waals surface area contributed by atoms with Crippen LogP contribution in [0.25, 0.3) is 0 Å². The van der Waals surface area contributed by atoms with Crippen LogP contribution in [0.5, 0.6) is 5.75 Å². The van der Waals surface area contributed by atoms with Crippen molar-refractivity contribution in [1.82, 2.24) is 0 Å². The number of rotatable bonds is 10. The first-order valence-corrected chi connectivity index (χ1v) is 8.96. The fourth-order valence-electron chi connectivity index (χ4n) is 2.39. The zero-order chi connectivity index (χ0) is 14.8. The van der Waals surface area contributed by atoms with Gasteiger partial charge in [-0.1, -0.05) is 79.4 Å². The van der Waals surface area contributed by atoms with Crippen molar-refractivity contribution in [3.05, 3.63) is 28.8 Å². The van der Waals surface area contributed by atoms with E-state index in [0.29, 0.717) is 4.83 Å². The van der Waals surface area contributed by atoms with Crippen LogP contribution in [0.3, 0.4) is 0 Å². The SMILES string of the molecule is CCCCCCCCCC(Br)c1cc(Cl)ccc1OC. The minimum atomic E-state index is 0.326. The lowest BCUT2D eigenvalue weighted by Gasteiger charge is -2.14. The van der Waals surface area contributed by atoms with Gasteiger partial charge in [0.25, 0.3) is 0 Å². The normalized spacial score (nSPS) is 12.4. The highest BCUT2D eigenvalue weighted by atomic mass is 79.9. The quantitative estimate of drug-likeness (QED) is 0.324. The van der Waals surface area contributed by atoms with E-state index in [1.165, 1.54) is 44.9 Å². The van der Waals surface area contributed by atoms with E-state index in [1.54, 1.807) is 7.11 Å². The zero-order valence-electron chi connectivity index (χ0n) is 12.6. The van der Waals surface area contributed by atoms with Gasteiger partial charge in [-0.2, -0.15) is 0 Å². The maximum atomic E-state index is 6.07. The lowest BCUT2D eigenvalue weighted by Crippen LogP contribution is -1.96. The molecule has 0 fully saturated rings. The predicted molar refractivity (Wildman–Crippen MR) is 92.3 cm³/mol. The second kappa shape index (κ2) is 10.5. The summed E-state index contributed by atoms with van der Waals surface area (Å²) in [5, 5.41) is 0.768.